The van der Waals surface area contributed by atoms with Crippen LogP contribution in [0.1, 0.15) is 39.5 Å². The molecule has 5 atom stereocenters. The van der Waals surface area contributed by atoms with Crippen LogP contribution in [0.2, 0.25) is 0 Å². The molecular formula is C15H24N2O3. The molecule has 2 amide bonds. The highest BCUT2D eigenvalue weighted by Crippen LogP contribution is 2.29. The molecule has 2 aliphatic carbocycles. The summed E-state index contributed by atoms with van der Waals surface area (Å²) in [5.41, 5.74) is 0. The lowest BCUT2D eigenvalue weighted by Crippen LogP contribution is -2.49. The number of rotatable bonds is 3. The van der Waals surface area contributed by atoms with Gasteiger partial charge >= 0.3 is 12.0 Å². The first-order valence-electron chi connectivity index (χ1n) is 7.45. The first kappa shape index (κ1) is 14.9. The van der Waals surface area contributed by atoms with Crippen LogP contribution in [0.25, 0.3) is 0 Å². The number of hydrogen-bond donors (Lipinski definition) is 3. The number of carbonyl (C=O) groups excluding carboxylic acids is 1. The van der Waals surface area contributed by atoms with Crippen molar-refractivity contribution in [3.05, 3.63) is 12.2 Å². The molecule has 112 valence electrons. The third-order valence-corrected chi connectivity index (χ3v) is 4.74. The van der Waals surface area contributed by atoms with E-state index in [1.54, 1.807) is 12.2 Å². The number of hydrogen-bond acceptors (Lipinski definition) is 2. The quantitative estimate of drug-likeness (QED) is 0.693. The molecule has 0 saturated heterocycles. The van der Waals surface area contributed by atoms with Crippen LogP contribution in [0, 0.1) is 17.8 Å². The predicted octanol–water partition coefficient (Wildman–Crippen LogP) is 2.14. The zero-order valence-corrected chi connectivity index (χ0v) is 12.1. The van der Waals surface area contributed by atoms with Crippen molar-refractivity contribution in [2.45, 2.75) is 51.6 Å². The Morgan fingerprint density at radius 3 is 2.55 bits per heavy atom. The van der Waals surface area contributed by atoms with Gasteiger partial charge in [0.15, 0.2) is 0 Å². The van der Waals surface area contributed by atoms with Crippen molar-refractivity contribution in [3.8, 4) is 0 Å². The summed E-state index contributed by atoms with van der Waals surface area (Å²) in [6.07, 6.45) is 7.27. The fourth-order valence-electron chi connectivity index (χ4n) is 3.15. The summed E-state index contributed by atoms with van der Waals surface area (Å²) in [4.78, 5) is 22.8. The number of carboxylic acid groups (broad SMARTS) is 1. The second-order valence-corrected chi connectivity index (χ2v) is 6.16. The Labute approximate surface area is 119 Å². The van der Waals surface area contributed by atoms with Crippen LogP contribution in [0.3, 0.4) is 0 Å². The molecule has 5 heteroatoms. The van der Waals surface area contributed by atoms with Gasteiger partial charge in [0.25, 0.3) is 0 Å². The minimum Gasteiger partial charge on any atom is -0.481 e. The Morgan fingerprint density at radius 1 is 1.15 bits per heavy atom. The van der Waals surface area contributed by atoms with Crippen molar-refractivity contribution in [1.82, 2.24) is 10.6 Å². The van der Waals surface area contributed by atoms with E-state index in [0.717, 1.165) is 12.8 Å². The maximum Gasteiger partial charge on any atom is 0.315 e. The van der Waals surface area contributed by atoms with Crippen LogP contribution in [-0.2, 0) is 4.79 Å². The molecule has 0 radical (unpaired) electrons. The molecule has 1 fully saturated rings. The SMILES string of the molecule is CC1CCCC(NC(=O)NC2C=CC(C(=O)O)C2)C1C. The number of carboxylic acids is 1. The summed E-state index contributed by atoms with van der Waals surface area (Å²) in [6.45, 7) is 4.41. The highest BCUT2D eigenvalue weighted by Gasteiger charge is 2.29. The molecule has 2 rings (SSSR count). The van der Waals surface area contributed by atoms with Gasteiger partial charge in [0, 0.05) is 6.04 Å². The van der Waals surface area contributed by atoms with Gasteiger partial charge in [0.2, 0.25) is 0 Å². The number of aliphatic carboxylic acids is 1. The van der Waals surface area contributed by atoms with Crippen molar-refractivity contribution in [2.75, 3.05) is 0 Å². The van der Waals surface area contributed by atoms with Crippen LogP contribution in [-0.4, -0.2) is 29.2 Å². The largest absolute Gasteiger partial charge is 0.481 e. The molecule has 3 N–H and O–H groups in total. The highest BCUT2D eigenvalue weighted by molar-refractivity contribution is 5.76. The summed E-state index contributed by atoms with van der Waals surface area (Å²) in [5.74, 6) is -0.188. The first-order valence-corrected chi connectivity index (χ1v) is 7.45. The maximum absolute atomic E-state index is 12.0. The number of nitrogens with one attached hydrogen (secondary N) is 2. The molecule has 5 nitrogen and oxygen atoms in total. The van der Waals surface area contributed by atoms with Gasteiger partial charge in [-0.25, -0.2) is 4.79 Å². The predicted molar refractivity (Wildman–Crippen MR) is 76.3 cm³/mol. The zero-order valence-electron chi connectivity index (χ0n) is 12.1. The lowest BCUT2D eigenvalue weighted by Gasteiger charge is -2.34. The van der Waals surface area contributed by atoms with E-state index in [1.807, 2.05) is 0 Å². The minimum absolute atomic E-state index is 0.174. The average Bonchev–Trinajstić information content (AvgIpc) is 2.83. The summed E-state index contributed by atoms with van der Waals surface area (Å²) in [6, 6.07) is -0.136. The molecule has 1 saturated carbocycles. The number of urea groups is 1. The van der Waals surface area contributed by atoms with Crippen molar-refractivity contribution >= 4 is 12.0 Å². The molecule has 0 bridgehead atoms. The van der Waals surface area contributed by atoms with Crippen LogP contribution in [0.15, 0.2) is 12.2 Å². The van der Waals surface area contributed by atoms with E-state index < -0.39 is 11.9 Å². The highest BCUT2D eigenvalue weighted by atomic mass is 16.4. The third kappa shape index (κ3) is 3.52. The van der Waals surface area contributed by atoms with Gasteiger partial charge in [-0.1, -0.05) is 38.8 Å². The standard InChI is InChI=1S/C15H24N2O3/c1-9-4-3-5-13(10(9)2)17-15(20)16-12-7-6-11(8-12)14(18)19/h6-7,9-13H,3-5,8H2,1-2H3,(H,18,19)(H2,16,17,20). The lowest BCUT2D eigenvalue weighted by molar-refractivity contribution is -0.140. The molecule has 0 aliphatic heterocycles. The van der Waals surface area contributed by atoms with Crippen molar-refractivity contribution in [1.29, 1.82) is 0 Å². The molecular weight excluding hydrogens is 256 g/mol. The van der Waals surface area contributed by atoms with Crippen molar-refractivity contribution in [3.63, 3.8) is 0 Å². The molecule has 0 spiro atoms. The molecule has 20 heavy (non-hydrogen) atoms. The monoisotopic (exact) mass is 280 g/mol. The van der Waals surface area contributed by atoms with Crippen LogP contribution < -0.4 is 10.6 Å². The number of amides is 2. The van der Waals surface area contributed by atoms with Crippen LogP contribution in [0.5, 0.6) is 0 Å². The Kier molecular flexibility index (Phi) is 4.68. The lowest BCUT2D eigenvalue weighted by atomic mass is 9.78. The molecule has 5 unspecified atom stereocenters. The van der Waals surface area contributed by atoms with Crippen LogP contribution in [0.4, 0.5) is 4.79 Å². The second kappa shape index (κ2) is 6.29. The van der Waals surface area contributed by atoms with Crippen LogP contribution >= 0.6 is 0 Å². The van der Waals surface area contributed by atoms with Gasteiger partial charge in [-0.05, 0) is 24.7 Å². The molecule has 0 heterocycles. The van der Waals surface area contributed by atoms with Gasteiger partial charge in [0.1, 0.15) is 0 Å². The Morgan fingerprint density at radius 2 is 1.90 bits per heavy atom. The Bertz CT molecular complexity index is 408. The van der Waals surface area contributed by atoms with Gasteiger partial charge in [-0.2, -0.15) is 0 Å². The van der Waals surface area contributed by atoms with Gasteiger partial charge in [0.05, 0.1) is 12.0 Å². The second-order valence-electron chi connectivity index (χ2n) is 6.16. The number of carbonyl (C=O) groups is 2. The fourth-order valence-corrected chi connectivity index (χ4v) is 3.15. The third-order valence-electron chi connectivity index (χ3n) is 4.74. The van der Waals surface area contributed by atoms with E-state index in [-0.39, 0.29) is 18.1 Å². The van der Waals surface area contributed by atoms with E-state index in [0.29, 0.717) is 18.3 Å². The molecule has 0 aromatic rings. The Hall–Kier alpha value is -1.52. The van der Waals surface area contributed by atoms with E-state index in [4.69, 9.17) is 5.11 Å². The minimum atomic E-state index is -0.833. The van der Waals surface area contributed by atoms with Gasteiger partial charge in [-0.3, -0.25) is 4.79 Å². The van der Waals surface area contributed by atoms with Gasteiger partial charge < -0.3 is 15.7 Å². The van der Waals surface area contributed by atoms with E-state index in [2.05, 4.69) is 24.5 Å². The smallest absolute Gasteiger partial charge is 0.315 e. The van der Waals surface area contributed by atoms with Crippen molar-refractivity contribution < 1.29 is 14.7 Å². The van der Waals surface area contributed by atoms with E-state index >= 15 is 0 Å². The van der Waals surface area contributed by atoms with E-state index in [1.165, 1.54) is 6.42 Å². The maximum atomic E-state index is 12.0. The first-order chi connectivity index (χ1) is 9.47. The molecule has 0 aromatic carbocycles. The topological polar surface area (TPSA) is 78.4 Å². The molecule has 2 aliphatic rings. The summed E-state index contributed by atoms with van der Waals surface area (Å²) >= 11 is 0. The normalized spacial score (nSPS) is 36.6. The zero-order chi connectivity index (χ0) is 14.7. The molecule has 0 aromatic heterocycles. The van der Waals surface area contributed by atoms with E-state index in [9.17, 15) is 9.59 Å². The van der Waals surface area contributed by atoms with Gasteiger partial charge in [-0.15, -0.1) is 0 Å². The average molecular weight is 280 g/mol. The summed E-state index contributed by atoms with van der Waals surface area (Å²) in [5, 5.41) is 14.8. The fraction of sp³-hybridized carbons (Fsp3) is 0.733. The Balaban J connectivity index is 1.79. The summed E-state index contributed by atoms with van der Waals surface area (Å²) < 4.78 is 0. The summed E-state index contributed by atoms with van der Waals surface area (Å²) in [7, 11) is 0. The van der Waals surface area contributed by atoms with Crippen molar-refractivity contribution in [2.24, 2.45) is 17.8 Å².